The maximum atomic E-state index is 12.5. The van der Waals surface area contributed by atoms with Crippen molar-refractivity contribution in [1.29, 1.82) is 0 Å². The molecule has 0 atom stereocenters. The van der Waals surface area contributed by atoms with E-state index in [1.807, 2.05) is 24.3 Å². The highest BCUT2D eigenvalue weighted by Crippen LogP contribution is 2.24. The van der Waals surface area contributed by atoms with Gasteiger partial charge in [-0.15, -0.1) is 0 Å². The highest BCUT2D eigenvalue weighted by atomic mass is 16.5. The lowest BCUT2D eigenvalue weighted by Crippen LogP contribution is -2.24. The number of methoxy groups -OCH3 is 3. The molecule has 0 aliphatic heterocycles. The van der Waals surface area contributed by atoms with Crippen molar-refractivity contribution in [3.8, 4) is 11.5 Å². The average molecular weight is 315 g/mol. The van der Waals surface area contributed by atoms with E-state index in [1.165, 1.54) is 7.11 Å². The Balaban J connectivity index is 2.14. The minimum Gasteiger partial charge on any atom is -0.497 e. The van der Waals surface area contributed by atoms with E-state index in [0.29, 0.717) is 30.2 Å². The fourth-order valence-electron chi connectivity index (χ4n) is 2.29. The second kappa shape index (κ2) is 8.19. The molecule has 2 aromatic carbocycles. The Morgan fingerprint density at radius 2 is 1.74 bits per heavy atom. The molecule has 2 rings (SSSR count). The smallest absolute Gasteiger partial charge is 0.255 e. The zero-order valence-electron chi connectivity index (χ0n) is 13.6. The van der Waals surface area contributed by atoms with E-state index < -0.39 is 0 Å². The largest absolute Gasteiger partial charge is 0.497 e. The van der Waals surface area contributed by atoms with E-state index in [2.05, 4.69) is 5.32 Å². The standard InChI is InChI=1S/C18H21NO4/c1-21-12-14-7-5-4-6-13(14)11-19-18(20)16-10-15(22-2)8-9-17(16)23-3/h4-10H,11-12H2,1-3H3,(H,19,20). The van der Waals surface area contributed by atoms with Crippen LogP contribution < -0.4 is 14.8 Å². The Hall–Kier alpha value is -2.53. The van der Waals surface area contributed by atoms with E-state index in [0.717, 1.165) is 11.1 Å². The van der Waals surface area contributed by atoms with Crippen LogP contribution in [-0.4, -0.2) is 27.2 Å². The first-order valence-electron chi connectivity index (χ1n) is 7.25. The van der Waals surface area contributed by atoms with Crippen LogP contribution in [0.2, 0.25) is 0 Å². The fourth-order valence-corrected chi connectivity index (χ4v) is 2.29. The van der Waals surface area contributed by atoms with Gasteiger partial charge in [0.25, 0.3) is 5.91 Å². The van der Waals surface area contributed by atoms with Gasteiger partial charge >= 0.3 is 0 Å². The van der Waals surface area contributed by atoms with Crippen molar-refractivity contribution < 1.29 is 19.0 Å². The summed E-state index contributed by atoms with van der Waals surface area (Å²) in [5.41, 5.74) is 2.51. The Morgan fingerprint density at radius 1 is 1.00 bits per heavy atom. The molecule has 0 fully saturated rings. The fraction of sp³-hybridized carbons (Fsp3) is 0.278. The molecule has 0 unspecified atom stereocenters. The molecular weight excluding hydrogens is 294 g/mol. The van der Waals surface area contributed by atoms with E-state index in [1.54, 1.807) is 32.4 Å². The molecule has 0 aliphatic carbocycles. The summed E-state index contributed by atoms with van der Waals surface area (Å²) < 4.78 is 15.6. The van der Waals surface area contributed by atoms with Crippen LogP contribution >= 0.6 is 0 Å². The van der Waals surface area contributed by atoms with Crippen LogP contribution in [0.3, 0.4) is 0 Å². The molecular formula is C18H21NO4. The van der Waals surface area contributed by atoms with Crippen molar-refractivity contribution >= 4 is 5.91 Å². The molecule has 23 heavy (non-hydrogen) atoms. The van der Waals surface area contributed by atoms with Gasteiger partial charge < -0.3 is 19.5 Å². The van der Waals surface area contributed by atoms with Gasteiger partial charge in [-0.05, 0) is 29.3 Å². The first kappa shape index (κ1) is 16.8. The molecule has 0 aromatic heterocycles. The Morgan fingerprint density at radius 3 is 2.39 bits per heavy atom. The molecule has 2 aromatic rings. The first-order valence-corrected chi connectivity index (χ1v) is 7.25. The van der Waals surface area contributed by atoms with Crippen LogP contribution in [0.4, 0.5) is 0 Å². The second-order valence-corrected chi connectivity index (χ2v) is 4.95. The normalized spacial score (nSPS) is 10.2. The topological polar surface area (TPSA) is 56.8 Å². The van der Waals surface area contributed by atoms with Gasteiger partial charge in [0.15, 0.2) is 0 Å². The maximum Gasteiger partial charge on any atom is 0.255 e. The zero-order chi connectivity index (χ0) is 16.7. The Labute approximate surface area is 136 Å². The predicted octanol–water partition coefficient (Wildman–Crippen LogP) is 2.78. The molecule has 0 saturated carbocycles. The number of carbonyl (C=O) groups is 1. The molecule has 5 nitrogen and oxygen atoms in total. The van der Waals surface area contributed by atoms with Gasteiger partial charge in [0.1, 0.15) is 11.5 Å². The van der Waals surface area contributed by atoms with Crippen molar-refractivity contribution in [2.75, 3.05) is 21.3 Å². The third-order valence-corrected chi connectivity index (χ3v) is 3.51. The Kier molecular flexibility index (Phi) is 6.00. The molecule has 0 heterocycles. The number of ether oxygens (including phenoxy) is 3. The van der Waals surface area contributed by atoms with Crippen LogP contribution in [0.15, 0.2) is 42.5 Å². The summed E-state index contributed by atoms with van der Waals surface area (Å²) in [7, 11) is 4.74. The molecule has 0 spiro atoms. The lowest BCUT2D eigenvalue weighted by Gasteiger charge is -2.12. The minimum absolute atomic E-state index is 0.215. The van der Waals surface area contributed by atoms with E-state index in [4.69, 9.17) is 14.2 Å². The summed E-state index contributed by atoms with van der Waals surface area (Å²) in [4.78, 5) is 12.5. The summed E-state index contributed by atoms with van der Waals surface area (Å²) >= 11 is 0. The molecule has 122 valence electrons. The molecule has 5 heteroatoms. The zero-order valence-corrected chi connectivity index (χ0v) is 13.6. The van der Waals surface area contributed by atoms with Gasteiger partial charge in [0.2, 0.25) is 0 Å². The van der Waals surface area contributed by atoms with Crippen molar-refractivity contribution in [3.63, 3.8) is 0 Å². The quantitative estimate of drug-likeness (QED) is 0.853. The summed E-state index contributed by atoms with van der Waals surface area (Å²) in [5, 5.41) is 2.91. The third kappa shape index (κ3) is 4.23. The summed E-state index contributed by atoms with van der Waals surface area (Å²) in [5.74, 6) is 0.900. The van der Waals surface area contributed by atoms with Crippen molar-refractivity contribution in [2.45, 2.75) is 13.2 Å². The van der Waals surface area contributed by atoms with Crippen molar-refractivity contribution in [1.82, 2.24) is 5.32 Å². The summed E-state index contributed by atoms with van der Waals surface area (Å²) in [6.45, 7) is 0.924. The molecule has 0 radical (unpaired) electrons. The van der Waals surface area contributed by atoms with Gasteiger partial charge in [0.05, 0.1) is 26.4 Å². The third-order valence-electron chi connectivity index (χ3n) is 3.51. The minimum atomic E-state index is -0.215. The number of carbonyl (C=O) groups excluding carboxylic acids is 1. The predicted molar refractivity (Wildman–Crippen MR) is 87.9 cm³/mol. The summed E-state index contributed by atoms with van der Waals surface area (Å²) in [6.07, 6.45) is 0. The SMILES string of the molecule is COCc1ccccc1CNC(=O)c1cc(OC)ccc1OC. The van der Waals surface area contributed by atoms with Crippen LogP contribution in [0.25, 0.3) is 0 Å². The number of amides is 1. The molecule has 0 bridgehead atoms. The van der Waals surface area contributed by atoms with Crippen LogP contribution in [0.1, 0.15) is 21.5 Å². The van der Waals surface area contributed by atoms with Crippen molar-refractivity contribution in [3.05, 3.63) is 59.2 Å². The van der Waals surface area contributed by atoms with Crippen molar-refractivity contribution in [2.24, 2.45) is 0 Å². The van der Waals surface area contributed by atoms with Gasteiger partial charge in [-0.1, -0.05) is 24.3 Å². The lowest BCUT2D eigenvalue weighted by atomic mass is 10.1. The molecule has 1 amide bonds. The monoisotopic (exact) mass is 315 g/mol. The van der Waals surface area contributed by atoms with E-state index in [-0.39, 0.29) is 5.91 Å². The number of hydrogen-bond acceptors (Lipinski definition) is 4. The average Bonchev–Trinajstić information content (AvgIpc) is 2.60. The van der Waals surface area contributed by atoms with E-state index >= 15 is 0 Å². The number of benzene rings is 2. The summed E-state index contributed by atoms with van der Waals surface area (Å²) in [6, 6.07) is 13.0. The van der Waals surface area contributed by atoms with Gasteiger partial charge in [-0.25, -0.2) is 0 Å². The lowest BCUT2D eigenvalue weighted by molar-refractivity contribution is 0.0947. The molecule has 0 aliphatic rings. The maximum absolute atomic E-state index is 12.5. The Bertz CT molecular complexity index is 670. The highest BCUT2D eigenvalue weighted by Gasteiger charge is 2.14. The first-order chi connectivity index (χ1) is 11.2. The van der Waals surface area contributed by atoms with Gasteiger partial charge in [-0.2, -0.15) is 0 Å². The number of hydrogen-bond donors (Lipinski definition) is 1. The van der Waals surface area contributed by atoms with Crippen LogP contribution in [0, 0.1) is 0 Å². The number of nitrogens with one attached hydrogen (secondary N) is 1. The highest BCUT2D eigenvalue weighted by molar-refractivity contribution is 5.97. The second-order valence-electron chi connectivity index (χ2n) is 4.95. The number of rotatable bonds is 7. The molecule has 1 N–H and O–H groups in total. The van der Waals surface area contributed by atoms with Gasteiger partial charge in [-0.3, -0.25) is 4.79 Å². The van der Waals surface area contributed by atoms with Crippen LogP contribution in [0.5, 0.6) is 11.5 Å². The van der Waals surface area contributed by atoms with Crippen LogP contribution in [-0.2, 0) is 17.9 Å². The van der Waals surface area contributed by atoms with E-state index in [9.17, 15) is 4.79 Å². The molecule has 0 saturated heterocycles. The van der Waals surface area contributed by atoms with Gasteiger partial charge in [0, 0.05) is 13.7 Å².